The number of benzene rings is 3. The van der Waals surface area contributed by atoms with Gasteiger partial charge in [0.15, 0.2) is 11.5 Å². The zero-order valence-electron chi connectivity index (χ0n) is 19.4. The van der Waals surface area contributed by atoms with Crippen LogP contribution in [0.25, 0.3) is 6.08 Å². The summed E-state index contributed by atoms with van der Waals surface area (Å²) in [4.78, 5) is 38.3. The molecule has 0 radical (unpaired) electrons. The number of amides is 4. The number of ether oxygens (including phenoxy) is 2. The average Bonchev–Trinajstić information content (AvgIpc) is 2.84. The van der Waals surface area contributed by atoms with E-state index in [1.54, 1.807) is 18.2 Å². The van der Waals surface area contributed by atoms with Gasteiger partial charge in [-0.25, -0.2) is 14.1 Å². The molecule has 1 N–H and O–H groups in total. The highest BCUT2D eigenvalue weighted by molar-refractivity contribution is 6.39. The van der Waals surface area contributed by atoms with E-state index in [1.165, 1.54) is 42.5 Å². The van der Waals surface area contributed by atoms with E-state index in [9.17, 15) is 18.8 Å². The topological polar surface area (TPSA) is 84.9 Å². The summed E-state index contributed by atoms with van der Waals surface area (Å²) in [6.45, 7) is 4.41. The first-order valence-corrected chi connectivity index (χ1v) is 10.8. The minimum Gasteiger partial charge on any atom is -0.493 e. The fourth-order valence-electron chi connectivity index (χ4n) is 3.62. The molecule has 1 saturated heterocycles. The van der Waals surface area contributed by atoms with Crippen molar-refractivity contribution in [2.75, 3.05) is 12.0 Å². The number of halogens is 1. The Labute approximate surface area is 201 Å². The number of aryl methyl sites for hydroxylation is 2. The van der Waals surface area contributed by atoms with Crippen LogP contribution in [0.5, 0.6) is 11.5 Å². The van der Waals surface area contributed by atoms with Crippen LogP contribution in [0.4, 0.5) is 14.9 Å². The molecule has 35 heavy (non-hydrogen) atoms. The lowest BCUT2D eigenvalue weighted by molar-refractivity contribution is -0.122. The number of hydrogen-bond donors (Lipinski definition) is 1. The van der Waals surface area contributed by atoms with E-state index in [0.29, 0.717) is 28.6 Å². The Morgan fingerprint density at radius 1 is 0.943 bits per heavy atom. The third-order valence-corrected chi connectivity index (χ3v) is 5.66. The Morgan fingerprint density at radius 2 is 1.71 bits per heavy atom. The molecule has 1 aliphatic heterocycles. The number of rotatable bonds is 6. The van der Waals surface area contributed by atoms with E-state index >= 15 is 0 Å². The summed E-state index contributed by atoms with van der Waals surface area (Å²) >= 11 is 0. The summed E-state index contributed by atoms with van der Waals surface area (Å²) in [7, 11) is 1.48. The molecule has 1 heterocycles. The molecule has 0 spiro atoms. The van der Waals surface area contributed by atoms with Crippen molar-refractivity contribution in [2.45, 2.75) is 20.5 Å². The molecular weight excluding hydrogens is 451 g/mol. The lowest BCUT2D eigenvalue weighted by Crippen LogP contribution is -2.54. The first-order valence-electron chi connectivity index (χ1n) is 10.8. The van der Waals surface area contributed by atoms with E-state index in [1.807, 2.05) is 26.0 Å². The molecule has 8 heteroatoms. The Morgan fingerprint density at radius 3 is 2.43 bits per heavy atom. The average molecular weight is 474 g/mol. The number of nitrogens with zero attached hydrogens (tertiary/aromatic N) is 1. The smallest absolute Gasteiger partial charge is 0.336 e. The van der Waals surface area contributed by atoms with Crippen LogP contribution in [-0.2, 0) is 16.2 Å². The van der Waals surface area contributed by atoms with Gasteiger partial charge in [-0.2, -0.15) is 0 Å². The van der Waals surface area contributed by atoms with Crippen molar-refractivity contribution in [1.29, 1.82) is 0 Å². The van der Waals surface area contributed by atoms with Crippen molar-refractivity contribution in [3.05, 3.63) is 94.3 Å². The van der Waals surface area contributed by atoms with Crippen LogP contribution in [0.1, 0.15) is 22.3 Å². The van der Waals surface area contributed by atoms with Gasteiger partial charge in [-0.15, -0.1) is 0 Å². The maximum atomic E-state index is 14.2. The predicted molar refractivity (Wildman–Crippen MR) is 129 cm³/mol. The molecule has 0 bridgehead atoms. The summed E-state index contributed by atoms with van der Waals surface area (Å²) < 4.78 is 25.6. The van der Waals surface area contributed by atoms with E-state index in [4.69, 9.17) is 9.47 Å². The number of methoxy groups -OCH3 is 1. The van der Waals surface area contributed by atoms with Gasteiger partial charge in [0.25, 0.3) is 11.8 Å². The van der Waals surface area contributed by atoms with Gasteiger partial charge in [-0.05, 0) is 66.4 Å². The normalized spacial score (nSPS) is 14.8. The molecule has 4 amide bonds. The van der Waals surface area contributed by atoms with Crippen molar-refractivity contribution >= 4 is 29.6 Å². The molecule has 0 saturated carbocycles. The van der Waals surface area contributed by atoms with Crippen molar-refractivity contribution in [2.24, 2.45) is 0 Å². The van der Waals surface area contributed by atoms with E-state index in [0.717, 1.165) is 11.6 Å². The lowest BCUT2D eigenvalue weighted by atomic mass is 10.1. The SMILES string of the molecule is COc1cc(/C=C2/C(=O)NC(=O)N(c3ccccc3F)C2=O)ccc1OCc1ccc(C)c(C)c1. The van der Waals surface area contributed by atoms with Gasteiger partial charge in [0, 0.05) is 0 Å². The molecule has 7 nitrogen and oxygen atoms in total. The molecule has 4 rings (SSSR count). The summed E-state index contributed by atoms with van der Waals surface area (Å²) in [6.07, 6.45) is 1.31. The van der Waals surface area contributed by atoms with E-state index in [-0.39, 0.29) is 11.3 Å². The molecule has 3 aromatic rings. The van der Waals surface area contributed by atoms with Crippen LogP contribution in [0.2, 0.25) is 0 Å². The fraction of sp³-hybridized carbons (Fsp3) is 0.148. The number of urea groups is 1. The molecular formula is C27H23FN2O5. The molecule has 0 unspecified atom stereocenters. The Balaban J connectivity index is 1.59. The van der Waals surface area contributed by atoms with Crippen LogP contribution in [-0.4, -0.2) is 25.0 Å². The summed E-state index contributed by atoms with van der Waals surface area (Å²) in [5.74, 6) is -1.69. The zero-order valence-corrected chi connectivity index (χ0v) is 19.4. The van der Waals surface area contributed by atoms with Crippen LogP contribution >= 0.6 is 0 Å². The monoisotopic (exact) mass is 474 g/mol. The van der Waals surface area contributed by atoms with E-state index < -0.39 is 23.7 Å². The van der Waals surface area contributed by atoms with Crippen molar-refractivity contribution in [3.8, 4) is 11.5 Å². The van der Waals surface area contributed by atoms with Crippen LogP contribution in [0.15, 0.2) is 66.2 Å². The largest absolute Gasteiger partial charge is 0.493 e. The van der Waals surface area contributed by atoms with Crippen molar-refractivity contribution in [3.63, 3.8) is 0 Å². The van der Waals surface area contributed by atoms with Gasteiger partial charge in [0.1, 0.15) is 18.0 Å². The second-order valence-corrected chi connectivity index (χ2v) is 8.03. The first-order chi connectivity index (χ1) is 16.8. The Bertz CT molecular complexity index is 1370. The zero-order chi connectivity index (χ0) is 25.1. The number of barbiturate groups is 1. The van der Waals surface area contributed by atoms with Gasteiger partial charge in [-0.3, -0.25) is 14.9 Å². The standard InChI is InChI=1S/C27H23FN2O5/c1-16-8-9-19(12-17(16)2)15-35-23-11-10-18(14-24(23)34-3)13-20-25(31)29-27(33)30(26(20)32)22-7-5-4-6-21(22)28/h4-14H,15H2,1-3H3,(H,29,31,33)/b20-13-. The molecule has 3 aromatic carbocycles. The second-order valence-electron chi connectivity index (χ2n) is 8.03. The van der Waals surface area contributed by atoms with Crippen LogP contribution < -0.4 is 19.7 Å². The second kappa shape index (κ2) is 9.80. The van der Waals surface area contributed by atoms with Gasteiger partial charge < -0.3 is 9.47 Å². The number of hydrogen-bond acceptors (Lipinski definition) is 5. The quantitative estimate of drug-likeness (QED) is 0.414. The number of carbonyl (C=O) groups excluding carboxylic acids is 3. The fourth-order valence-corrected chi connectivity index (χ4v) is 3.62. The van der Waals surface area contributed by atoms with Crippen molar-refractivity contribution < 1.29 is 28.2 Å². The number of anilines is 1. The van der Waals surface area contributed by atoms with Gasteiger partial charge in [-0.1, -0.05) is 36.4 Å². The number of para-hydroxylation sites is 1. The summed E-state index contributed by atoms with van der Waals surface area (Å²) in [6, 6.07) is 15.3. The minimum absolute atomic E-state index is 0.249. The lowest BCUT2D eigenvalue weighted by Gasteiger charge is -2.26. The first kappa shape index (κ1) is 23.7. The van der Waals surface area contributed by atoms with Gasteiger partial charge in [0.2, 0.25) is 0 Å². The maximum Gasteiger partial charge on any atom is 0.336 e. The van der Waals surface area contributed by atoms with E-state index in [2.05, 4.69) is 11.4 Å². The highest BCUT2D eigenvalue weighted by Gasteiger charge is 2.37. The highest BCUT2D eigenvalue weighted by Crippen LogP contribution is 2.31. The molecule has 178 valence electrons. The van der Waals surface area contributed by atoms with Crippen LogP contribution in [0, 0.1) is 19.7 Å². The van der Waals surface area contributed by atoms with Crippen molar-refractivity contribution in [1.82, 2.24) is 5.32 Å². The Kier molecular flexibility index (Phi) is 6.64. The highest BCUT2D eigenvalue weighted by atomic mass is 19.1. The molecule has 1 fully saturated rings. The number of nitrogens with one attached hydrogen (secondary N) is 1. The summed E-state index contributed by atoms with van der Waals surface area (Å²) in [5.41, 5.74) is 3.25. The van der Waals surface area contributed by atoms with Crippen LogP contribution in [0.3, 0.4) is 0 Å². The Hall–Kier alpha value is -4.46. The number of imide groups is 2. The maximum absolute atomic E-state index is 14.2. The minimum atomic E-state index is -1.02. The third kappa shape index (κ3) is 4.91. The molecule has 1 aliphatic rings. The molecule has 0 atom stereocenters. The molecule has 0 aromatic heterocycles. The molecule has 0 aliphatic carbocycles. The van der Waals surface area contributed by atoms with Gasteiger partial charge in [0.05, 0.1) is 12.8 Å². The van der Waals surface area contributed by atoms with Gasteiger partial charge >= 0.3 is 6.03 Å². The predicted octanol–water partition coefficient (Wildman–Crippen LogP) is 4.70. The third-order valence-electron chi connectivity index (χ3n) is 5.66. The number of carbonyl (C=O) groups is 3. The summed E-state index contributed by atoms with van der Waals surface area (Å²) in [5, 5.41) is 2.08.